The lowest BCUT2D eigenvalue weighted by Crippen LogP contribution is -2.23. The Hall–Kier alpha value is -2.05. The SMILES string of the molecule is Cc1sc2ncn(Cc3ccccc3C(N)=S)c(=O)c2c1C. The quantitative estimate of drug-likeness (QED) is 0.751. The average Bonchev–Trinajstić information content (AvgIpc) is 2.78. The molecule has 0 spiro atoms. The monoisotopic (exact) mass is 329 g/mol. The molecule has 0 aliphatic heterocycles. The van der Waals surface area contributed by atoms with Crippen molar-refractivity contribution >= 4 is 38.8 Å². The fourth-order valence-corrected chi connectivity index (χ4v) is 3.65. The van der Waals surface area contributed by atoms with Crippen molar-refractivity contribution in [2.45, 2.75) is 20.4 Å². The minimum absolute atomic E-state index is 0.0235. The minimum Gasteiger partial charge on any atom is -0.389 e. The van der Waals surface area contributed by atoms with Crippen molar-refractivity contribution in [2.24, 2.45) is 5.73 Å². The van der Waals surface area contributed by atoms with E-state index in [0.29, 0.717) is 16.9 Å². The fraction of sp³-hybridized carbons (Fsp3) is 0.188. The van der Waals surface area contributed by atoms with E-state index in [1.165, 1.54) is 0 Å². The van der Waals surface area contributed by atoms with Crippen molar-refractivity contribution in [1.82, 2.24) is 9.55 Å². The predicted octanol–water partition coefficient (Wildman–Crippen LogP) is 2.76. The summed E-state index contributed by atoms with van der Waals surface area (Å²) in [7, 11) is 0. The Balaban J connectivity index is 2.13. The van der Waals surface area contributed by atoms with Crippen molar-refractivity contribution in [3.05, 3.63) is 62.5 Å². The second-order valence-electron chi connectivity index (χ2n) is 5.16. The lowest BCUT2D eigenvalue weighted by molar-refractivity contribution is 0.748. The predicted molar refractivity (Wildman–Crippen MR) is 94.8 cm³/mol. The fourth-order valence-electron chi connectivity index (χ4n) is 2.46. The lowest BCUT2D eigenvalue weighted by Gasteiger charge is -2.10. The second-order valence-corrected chi connectivity index (χ2v) is 6.81. The molecule has 0 saturated carbocycles. The van der Waals surface area contributed by atoms with Gasteiger partial charge in [-0.05, 0) is 25.0 Å². The third kappa shape index (κ3) is 2.44. The Kier molecular flexibility index (Phi) is 3.80. The molecule has 0 atom stereocenters. The van der Waals surface area contributed by atoms with Crippen LogP contribution in [0.3, 0.4) is 0 Å². The van der Waals surface area contributed by atoms with Gasteiger partial charge in [0.1, 0.15) is 9.82 Å². The third-order valence-electron chi connectivity index (χ3n) is 3.78. The van der Waals surface area contributed by atoms with E-state index in [-0.39, 0.29) is 5.56 Å². The Morgan fingerprint density at radius 1 is 1.36 bits per heavy atom. The summed E-state index contributed by atoms with van der Waals surface area (Å²) in [6.45, 7) is 4.38. The summed E-state index contributed by atoms with van der Waals surface area (Å²) >= 11 is 6.63. The first-order chi connectivity index (χ1) is 10.5. The van der Waals surface area contributed by atoms with Crippen molar-refractivity contribution in [2.75, 3.05) is 0 Å². The maximum absolute atomic E-state index is 12.7. The van der Waals surface area contributed by atoms with Gasteiger partial charge in [0.05, 0.1) is 18.3 Å². The summed E-state index contributed by atoms with van der Waals surface area (Å²) in [5.41, 5.74) is 8.45. The van der Waals surface area contributed by atoms with Crippen molar-refractivity contribution in [1.29, 1.82) is 0 Å². The number of aryl methyl sites for hydroxylation is 2. The zero-order valence-electron chi connectivity index (χ0n) is 12.3. The number of nitrogens with zero attached hydrogens (tertiary/aromatic N) is 2. The number of fused-ring (bicyclic) bond motifs is 1. The highest BCUT2D eigenvalue weighted by atomic mass is 32.1. The van der Waals surface area contributed by atoms with Gasteiger partial charge >= 0.3 is 0 Å². The molecule has 1 aromatic carbocycles. The molecule has 112 valence electrons. The molecule has 0 aliphatic carbocycles. The average molecular weight is 329 g/mol. The van der Waals surface area contributed by atoms with Crippen LogP contribution in [0.4, 0.5) is 0 Å². The van der Waals surface area contributed by atoms with Crippen molar-refractivity contribution < 1.29 is 0 Å². The molecule has 0 aliphatic rings. The molecule has 0 unspecified atom stereocenters. The number of benzene rings is 1. The van der Waals surface area contributed by atoms with E-state index in [1.54, 1.807) is 22.2 Å². The van der Waals surface area contributed by atoms with E-state index in [4.69, 9.17) is 18.0 Å². The van der Waals surface area contributed by atoms with Crippen LogP contribution in [0, 0.1) is 13.8 Å². The molecule has 2 heterocycles. The van der Waals surface area contributed by atoms with E-state index in [1.807, 2.05) is 38.1 Å². The minimum atomic E-state index is -0.0235. The number of thiophene rings is 1. The molecule has 0 amide bonds. The van der Waals surface area contributed by atoms with Crippen LogP contribution in [-0.4, -0.2) is 14.5 Å². The maximum Gasteiger partial charge on any atom is 0.262 e. The van der Waals surface area contributed by atoms with Gasteiger partial charge in [-0.2, -0.15) is 0 Å². The number of hydrogen-bond donors (Lipinski definition) is 1. The Labute approximate surface area is 137 Å². The van der Waals surface area contributed by atoms with Crippen LogP contribution in [-0.2, 0) is 6.54 Å². The topological polar surface area (TPSA) is 60.9 Å². The maximum atomic E-state index is 12.7. The number of thiocarbonyl (C=S) groups is 1. The van der Waals surface area contributed by atoms with Crippen molar-refractivity contribution in [3.8, 4) is 0 Å². The van der Waals surface area contributed by atoms with Crippen LogP contribution in [0.2, 0.25) is 0 Å². The van der Waals surface area contributed by atoms with Gasteiger partial charge in [0.25, 0.3) is 5.56 Å². The highest BCUT2D eigenvalue weighted by Gasteiger charge is 2.13. The summed E-state index contributed by atoms with van der Waals surface area (Å²) in [4.78, 5) is 19.4. The van der Waals surface area contributed by atoms with Gasteiger partial charge < -0.3 is 5.73 Å². The molecule has 4 nitrogen and oxygen atoms in total. The Morgan fingerprint density at radius 2 is 2.09 bits per heavy atom. The first kappa shape index (κ1) is 14.9. The van der Waals surface area contributed by atoms with Gasteiger partial charge in [0.15, 0.2) is 0 Å². The van der Waals surface area contributed by atoms with E-state index >= 15 is 0 Å². The van der Waals surface area contributed by atoms with Crippen LogP contribution < -0.4 is 11.3 Å². The molecule has 0 fully saturated rings. The molecule has 0 saturated heterocycles. The highest BCUT2D eigenvalue weighted by Crippen LogP contribution is 2.25. The van der Waals surface area contributed by atoms with Crippen LogP contribution in [0.25, 0.3) is 10.2 Å². The summed E-state index contributed by atoms with van der Waals surface area (Å²) in [5.74, 6) is 0. The smallest absolute Gasteiger partial charge is 0.262 e. The van der Waals surface area contributed by atoms with Crippen LogP contribution in [0.15, 0.2) is 35.4 Å². The molecule has 2 N–H and O–H groups in total. The molecule has 22 heavy (non-hydrogen) atoms. The number of aromatic nitrogens is 2. The lowest BCUT2D eigenvalue weighted by atomic mass is 10.1. The van der Waals surface area contributed by atoms with Gasteiger partial charge in [0, 0.05) is 10.4 Å². The molecule has 6 heteroatoms. The van der Waals surface area contributed by atoms with Crippen molar-refractivity contribution in [3.63, 3.8) is 0 Å². The van der Waals surface area contributed by atoms with Crippen LogP contribution >= 0.6 is 23.6 Å². The number of hydrogen-bond acceptors (Lipinski definition) is 4. The largest absolute Gasteiger partial charge is 0.389 e. The molecule has 2 aromatic heterocycles. The number of rotatable bonds is 3. The third-order valence-corrected chi connectivity index (χ3v) is 5.11. The summed E-state index contributed by atoms with van der Waals surface area (Å²) < 4.78 is 1.61. The van der Waals surface area contributed by atoms with Gasteiger partial charge in [-0.15, -0.1) is 11.3 Å². The Bertz CT molecular complexity index is 940. The van der Waals surface area contributed by atoms with Gasteiger partial charge in [-0.25, -0.2) is 4.98 Å². The second kappa shape index (κ2) is 5.62. The number of nitrogens with two attached hydrogens (primary N) is 1. The summed E-state index contributed by atoms with van der Waals surface area (Å²) in [6, 6.07) is 7.59. The van der Waals surface area contributed by atoms with Gasteiger partial charge in [0.2, 0.25) is 0 Å². The van der Waals surface area contributed by atoms with Gasteiger partial charge in [-0.1, -0.05) is 36.5 Å². The van der Waals surface area contributed by atoms with Crippen LogP contribution in [0.5, 0.6) is 0 Å². The zero-order chi connectivity index (χ0) is 15.9. The van der Waals surface area contributed by atoms with E-state index in [9.17, 15) is 4.79 Å². The molecule has 3 rings (SSSR count). The Morgan fingerprint density at radius 3 is 2.82 bits per heavy atom. The van der Waals surface area contributed by atoms with Crippen LogP contribution in [0.1, 0.15) is 21.6 Å². The molecule has 3 aromatic rings. The van der Waals surface area contributed by atoms with Gasteiger partial charge in [-0.3, -0.25) is 9.36 Å². The normalized spacial score (nSPS) is 11.0. The summed E-state index contributed by atoms with van der Waals surface area (Å²) in [6.07, 6.45) is 1.59. The molecule has 0 bridgehead atoms. The standard InChI is InChI=1S/C16H15N3OS2/c1-9-10(2)22-15-13(9)16(20)19(8-18-15)7-11-5-3-4-6-12(11)14(17)21/h3-6,8H,7H2,1-2H3,(H2,17,21). The molecular formula is C16H15N3OS2. The first-order valence-electron chi connectivity index (χ1n) is 6.82. The zero-order valence-corrected chi connectivity index (χ0v) is 13.9. The van der Waals surface area contributed by atoms with E-state index in [0.717, 1.165) is 26.4 Å². The summed E-state index contributed by atoms with van der Waals surface area (Å²) in [5, 5.41) is 0.706. The highest BCUT2D eigenvalue weighted by molar-refractivity contribution is 7.80. The molecular weight excluding hydrogens is 314 g/mol. The van der Waals surface area contributed by atoms with E-state index in [2.05, 4.69) is 4.98 Å². The van der Waals surface area contributed by atoms with E-state index < -0.39 is 0 Å². The first-order valence-corrected chi connectivity index (χ1v) is 8.04. The molecule has 0 radical (unpaired) electrons.